The first-order valence-corrected chi connectivity index (χ1v) is 9.30. The Balaban J connectivity index is 2.11. The molecular formula is C16H22N2O5S. The molecule has 1 aliphatic heterocycles. The smallest absolute Gasteiger partial charge is 0.306 e. The van der Waals surface area contributed by atoms with Crippen molar-refractivity contribution in [3.8, 4) is 0 Å². The summed E-state index contributed by atoms with van der Waals surface area (Å²) in [6.45, 7) is 4.55. The van der Waals surface area contributed by atoms with Gasteiger partial charge in [0, 0.05) is 13.1 Å². The van der Waals surface area contributed by atoms with Crippen LogP contribution in [0.25, 0.3) is 0 Å². The number of sulfonamides is 1. The van der Waals surface area contributed by atoms with Gasteiger partial charge in [0.15, 0.2) is 0 Å². The molecule has 1 saturated heterocycles. The van der Waals surface area contributed by atoms with E-state index in [1.54, 1.807) is 31.2 Å². The summed E-state index contributed by atoms with van der Waals surface area (Å²) in [5.41, 5.74) is 1.45. The average molecular weight is 354 g/mol. The molecule has 1 heterocycles. The molecule has 0 amide bonds. The predicted octanol–water partition coefficient (Wildman–Crippen LogP) is 1.93. The molecule has 0 radical (unpaired) electrons. The highest BCUT2D eigenvalue weighted by Crippen LogP contribution is 2.24. The van der Waals surface area contributed by atoms with E-state index in [9.17, 15) is 13.2 Å². The van der Waals surface area contributed by atoms with Crippen LogP contribution in [0, 0.1) is 5.92 Å². The molecule has 0 aliphatic carbocycles. The normalized spacial score (nSPS) is 17.7. The Labute approximate surface area is 142 Å². The van der Waals surface area contributed by atoms with E-state index in [4.69, 9.17) is 9.94 Å². The molecule has 0 aromatic heterocycles. The van der Waals surface area contributed by atoms with Crippen molar-refractivity contribution in [2.45, 2.75) is 31.6 Å². The minimum atomic E-state index is -3.60. The van der Waals surface area contributed by atoms with Gasteiger partial charge in [-0.3, -0.25) is 4.79 Å². The number of benzene rings is 1. The molecule has 1 aliphatic rings. The van der Waals surface area contributed by atoms with Crippen LogP contribution >= 0.6 is 0 Å². The van der Waals surface area contributed by atoms with Crippen molar-refractivity contribution in [1.29, 1.82) is 0 Å². The number of oxime groups is 1. The van der Waals surface area contributed by atoms with Gasteiger partial charge in [0.25, 0.3) is 0 Å². The minimum Gasteiger partial charge on any atom is -0.481 e. The Bertz CT molecular complexity index is 704. The van der Waals surface area contributed by atoms with Crippen molar-refractivity contribution in [3.63, 3.8) is 0 Å². The highest BCUT2D eigenvalue weighted by molar-refractivity contribution is 7.89. The van der Waals surface area contributed by atoms with Gasteiger partial charge in [0.05, 0.1) is 16.5 Å². The third-order valence-electron chi connectivity index (χ3n) is 4.04. The first-order valence-electron chi connectivity index (χ1n) is 7.86. The van der Waals surface area contributed by atoms with Gasteiger partial charge in [-0.25, -0.2) is 8.42 Å². The maximum absolute atomic E-state index is 12.6. The zero-order valence-corrected chi connectivity index (χ0v) is 14.6. The molecule has 1 aromatic carbocycles. The lowest BCUT2D eigenvalue weighted by Crippen LogP contribution is -2.40. The van der Waals surface area contributed by atoms with Gasteiger partial charge < -0.3 is 9.94 Å². The van der Waals surface area contributed by atoms with Crippen molar-refractivity contribution >= 4 is 21.7 Å². The fraction of sp³-hybridized carbons (Fsp3) is 0.500. The molecule has 8 heteroatoms. The van der Waals surface area contributed by atoms with Gasteiger partial charge in [0.1, 0.15) is 6.61 Å². The number of nitrogens with zero attached hydrogens (tertiary/aromatic N) is 2. The van der Waals surface area contributed by atoms with Gasteiger partial charge in [-0.2, -0.15) is 4.31 Å². The predicted molar refractivity (Wildman–Crippen MR) is 89.4 cm³/mol. The van der Waals surface area contributed by atoms with Crippen molar-refractivity contribution < 1.29 is 23.2 Å². The van der Waals surface area contributed by atoms with Crippen molar-refractivity contribution in [1.82, 2.24) is 4.31 Å². The summed E-state index contributed by atoms with van der Waals surface area (Å²) in [6, 6.07) is 6.46. The molecule has 1 aromatic rings. The van der Waals surface area contributed by atoms with Crippen LogP contribution in [-0.4, -0.2) is 49.2 Å². The van der Waals surface area contributed by atoms with Crippen LogP contribution in [0.4, 0.5) is 0 Å². The Hall–Kier alpha value is -1.93. The molecule has 1 N–H and O–H groups in total. The van der Waals surface area contributed by atoms with Gasteiger partial charge in [-0.1, -0.05) is 17.3 Å². The lowest BCUT2D eigenvalue weighted by molar-refractivity contribution is -0.142. The van der Waals surface area contributed by atoms with E-state index < -0.39 is 21.9 Å². The number of carboxylic acids is 1. The van der Waals surface area contributed by atoms with Crippen LogP contribution in [0.1, 0.15) is 32.3 Å². The highest BCUT2D eigenvalue weighted by atomic mass is 32.2. The summed E-state index contributed by atoms with van der Waals surface area (Å²) in [4.78, 5) is 16.2. The quantitative estimate of drug-likeness (QED) is 0.622. The number of piperidine rings is 1. The van der Waals surface area contributed by atoms with Crippen LogP contribution < -0.4 is 0 Å². The number of carbonyl (C=O) groups is 1. The first kappa shape index (κ1) is 18.4. The molecule has 0 saturated carbocycles. The van der Waals surface area contributed by atoms with Gasteiger partial charge >= 0.3 is 5.97 Å². The van der Waals surface area contributed by atoms with Crippen LogP contribution in [0.15, 0.2) is 34.3 Å². The molecule has 1 fully saturated rings. The second kappa shape index (κ2) is 7.76. The monoisotopic (exact) mass is 354 g/mol. The number of carboxylic acid groups (broad SMARTS) is 1. The lowest BCUT2D eigenvalue weighted by atomic mass is 9.99. The second-order valence-corrected chi connectivity index (χ2v) is 7.57. The Kier molecular flexibility index (Phi) is 5.95. The largest absolute Gasteiger partial charge is 0.481 e. The number of hydrogen-bond donors (Lipinski definition) is 1. The number of aliphatic carboxylic acids is 1. The van der Waals surface area contributed by atoms with Crippen molar-refractivity contribution in [2.24, 2.45) is 11.1 Å². The maximum atomic E-state index is 12.6. The van der Waals surface area contributed by atoms with E-state index in [1.807, 2.05) is 6.92 Å². The van der Waals surface area contributed by atoms with E-state index >= 15 is 0 Å². The summed E-state index contributed by atoms with van der Waals surface area (Å²) in [5, 5.41) is 12.9. The topological polar surface area (TPSA) is 96.3 Å². The highest BCUT2D eigenvalue weighted by Gasteiger charge is 2.31. The van der Waals surface area contributed by atoms with Crippen LogP contribution in [0.5, 0.6) is 0 Å². The summed E-state index contributed by atoms with van der Waals surface area (Å²) in [5.74, 6) is -1.32. The van der Waals surface area contributed by atoms with E-state index in [-0.39, 0.29) is 18.0 Å². The summed E-state index contributed by atoms with van der Waals surface area (Å²) < 4.78 is 26.6. The Morgan fingerprint density at radius 3 is 2.38 bits per heavy atom. The van der Waals surface area contributed by atoms with Crippen LogP contribution in [-0.2, 0) is 19.7 Å². The Morgan fingerprint density at radius 2 is 1.88 bits per heavy atom. The third-order valence-corrected chi connectivity index (χ3v) is 5.96. The molecule has 0 atom stereocenters. The standard InChI is InChI=1S/C16H22N2O5S/c1-3-23-17-12(2)13-4-6-15(7-5-13)24(21,22)18-10-8-14(9-11-18)16(19)20/h4-7,14H,3,8-11H2,1-2H3,(H,19,20)/b17-12-. The summed E-state index contributed by atoms with van der Waals surface area (Å²) >= 11 is 0. The summed E-state index contributed by atoms with van der Waals surface area (Å²) in [7, 11) is -3.60. The third kappa shape index (κ3) is 4.12. The van der Waals surface area contributed by atoms with Crippen LogP contribution in [0.2, 0.25) is 0 Å². The van der Waals surface area contributed by atoms with E-state index in [2.05, 4.69) is 5.16 Å². The zero-order valence-electron chi connectivity index (χ0n) is 13.8. The van der Waals surface area contributed by atoms with Crippen molar-refractivity contribution in [2.75, 3.05) is 19.7 Å². The SMILES string of the molecule is CCO/N=C(/C)c1ccc(S(=O)(=O)N2CCC(C(=O)O)CC2)cc1. The molecule has 24 heavy (non-hydrogen) atoms. The minimum absolute atomic E-state index is 0.198. The van der Waals surface area contributed by atoms with Gasteiger partial charge in [-0.05, 0) is 44.4 Å². The van der Waals surface area contributed by atoms with Gasteiger partial charge in [0.2, 0.25) is 10.0 Å². The maximum Gasteiger partial charge on any atom is 0.306 e. The molecule has 132 valence electrons. The molecule has 0 unspecified atom stereocenters. The van der Waals surface area contributed by atoms with E-state index in [1.165, 1.54) is 4.31 Å². The Morgan fingerprint density at radius 1 is 1.29 bits per heavy atom. The zero-order chi connectivity index (χ0) is 17.7. The molecule has 7 nitrogen and oxygen atoms in total. The fourth-order valence-corrected chi connectivity index (χ4v) is 4.04. The van der Waals surface area contributed by atoms with E-state index in [0.717, 1.165) is 5.56 Å². The van der Waals surface area contributed by atoms with Crippen LogP contribution in [0.3, 0.4) is 0 Å². The second-order valence-electron chi connectivity index (χ2n) is 5.64. The number of hydrogen-bond acceptors (Lipinski definition) is 5. The van der Waals surface area contributed by atoms with E-state index in [0.29, 0.717) is 25.2 Å². The number of rotatable bonds is 6. The first-order chi connectivity index (χ1) is 11.4. The molecule has 0 bridgehead atoms. The average Bonchev–Trinajstić information content (AvgIpc) is 2.59. The fourth-order valence-electron chi connectivity index (χ4n) is 2.57. The van der Waals surface area contributed by atoms with Crippen molar-refractivity contribution in [3.05, 3.63) is 29.8 Å². The molecule has 2 rings (SSSR count). The molecule has 0 spiro atoms. The lowest BCUT2D eigenvalue weighted by Gasteiger charge is -2.29. The summed E-state index contributed by atoms with van der Waals surface area (Å²) in [6.07, 6.45) is 0.680. The van der Waals surface area contributed by atoms with Gasteiger partial charge in [-0.15, -0.1) is 0 Å². The molecular weight excluding hydrogens is 332 g/mol.